The molecule has 0 fully saturated rings. The van der Waals surface area contributed by atoms with Crippen LogP contribution in [0.3, 0.4) is 0 Å². The first-order chi connectivity index (χ1) is 6.66. The fraction of sp³-hybridized carbons (Fsp3) is 0.400. The number of rotatable bonds is 4. The molecule has 1 rings (SSSR count). The Hall–Kier alpha value is -0.480. The molecule has 0 aliphatic carbocycles. The number of para-hydroxylation sites is 1. The van der Waals surface area contributed by atoms with Crippen LogP contribution in [-0.4, -0.2) is 11.7 Å². The van der Waals surface area contributed by atoms with Crippen molar-refractivity contribution in [3.8, 4) is 5.75 Å². The first-order valence-corrected chi connectivity index (χ1v) is 4.97. The van der Waals surface area contributed by atoms with E-state index in [1.165, 1.54) is 0 Å². The van der Waals surface area contributed by atoms with E-state index in [9.17, 15) is 5.11 Å². The first kappa shape index (κ1) is 14.5. The van der Waals surface area contributed by atoms with Crippen LogP contribution in [0.2, 0.25) is 5.02 Å². The van der Waals surface area contributed by atoms with Crippen molar-refractivity contribution in [1.29, 1.82) is 0 Å². The Morgan fingerprint density at radius 2 is 2.07 bits per heavy atom. The largest absolute Gasteiger partial charge is 0.506 e. The molecule has 5 heteroatoms. The van der Waals surface area contributed by atoms with Gasteiger partial charge in [-0.25, -0.2) is 0 Å². The maximum absolute atomic E-state index is 9.62. The monoisotopic (exact) mass is 250 g/mol. The zero-order valence-corrected chi connectivity index (χ0v) is 9.89. The molecule has 5 N–H and O–H groups in total. The highest BCUT2D eigenvalue weighted by Gasteiger charge is 2.11. The number of phenols is 1. The quantitative estimate of drug-likeness (QED) is 0.768. The summed E-state index contributed by atoms with van der Waals surface area (Å²) in [6.07, 6.45) is 1.59. The fourth-order valence-corrected chi connectivity index (χ4v) is 1.51. The minimum atomic E-state index is -0.197. The normalized spacial score (nSPS) is 11.9. The molecular weight excluding hydrogens is 235 g/mol. The van der Waals surface area contributed by atoms with Gasteiger partial charge < -0.3 is 16.6 Å². The molecule has 0 saturated carbocycles. The lowest BCUT2D eigenvalue weighted by Crippen LogP contribution is -2.12. The summed E-state index contributed by atoms with van der Waals surface area (Å²) < 4.78 is 0. The van der Waals surface area contributed by atoms with Gasteiger partial charge in [0.2, 0.25) is 0 Å². The van der Waals surface area contributed by atoms with Crippen molar-refractivity contribution in [2.45, 2.75) is 18.9 Å². The van der Waals surface area contributed by atoms with Crippen LogP contribution in [0.25, 0.3) is 0 Å². The summed E-state index contributed by atoms with van der Waals surface area (Å²) in [6.45, 7) is 0.606. The first-order valence-electron chi connectivity index (χ1n) is 4.60. The summed E-state index contributed by atoms with van der Waals surface area (Å²) >= 11 is 5.76. The highest BCUT2D eigenvalue weighted by molar-refractivity contribution is 6.32. The average molecular weight is 251 g/mol. The Balaban J connectivity index is 0.00000196. The van der Waals surface area contributed by atoms with Crippen LogP contribution in [-0.2, 0) is 0 Å². The maximum Gasteiger partial charge on any atom is 0.138 e. The summed E-state index contributed by atoms with van der Waals surface area (Å²) in [5.41, 5.74) is 11.9. The predicted molar refractivity (Wildman–Crippen MR) is 65.6 cm³/mol. The van der Waals surface area contributed by atoms with E-state index in [-0.39, 0.29) is 24.2 Å². The van der Waals surface area contributed by atoms with Gasteiger partial charge in [0.25, 0.3) is 0 Å². The Morgan fingerprint density at radius 1 is 1.40 bits per heavy atom. The number of phenolic OH excluding ortho intramolecular Hbond substituents is 1. The third kappa shape index (κ3) is 3.87. The Labute approximate surface area is 101 Å². The molecule has 15 heavy (non-hydrogen) atoms. The van der Waals surface area contributed by atoms with Gasteiger partial charge in [0.05, 0.1) is 5.02 Å². The number of halogens is 2. The van der Waals surface area contributed by atoms with E-state index in [4.69, 9.17) is 23.1 Å². The van der Waals surface area contributed by atoms with Crippen molar-refractivity contribution in [2.24, 2.45) is 11.5 Å². The second-order valence-electron chi connectivity index (χ2n) is 3.22. The van der Waals surface area contributed by atoms with Gasteiger partial charge in [-0.2, -0.15) is 0 Å². The molecule has 0 heterocycles. The second-order valence-corrected chi connectivity index (χ2v) is 3.62. The van der Waals surface area contributed by atoms with Crippen molar-refractivity contribution in [2.75, 3.05) is 6.54 Å². The lowest BCUT2D eigenvalue weighted by atomic mass is 10.0. The average Bonchev–Trinajstić information content (AvgIpc) is 2.18. The van der Waals surface area contributed by atoms with E-state index in [0.29, 0.717) is 17.1 Å². The van der Waals surface area contributed by atoms with Gasteiger partial charge in [-0.15, -0.1) is 12.4 Å². The summed E-state index contributed by atoms with van der Waals surface area (Å²) in [5, 5.41) is 9.96. The molecule has 86 valence electrons. The van der Waals surface area contributed by atoms with Crippen LogP contribution in [0.4, 0.5) is 0 Å². The minimum absolute atomic E-state index is 0. The number of hydrogen-bond donors (Lipinski definition) is 3. The van der Waals surface area contributed by atoms with E-state index in [2.05, 4.69) is 0 Å². The van der Waals surface area contributed by atoms with Crippen LogP contribution in [0.15, 0.2) is 18.2 Å². The van der Waals surface area contributed by atoms with Crippen LogP contribution >= 0.6 is 24.0 Å². The topological polar surface area (TPSA) is 72.3 Å². The van der Waals surface area contributed by atoms with Crippen LogP contribution in [0.5, 0.6) is 5.75 Å². The van der Waals surface area contributed by atoms with Crippen LogP contribution in [0.1, 0.15) is 24.4 Å². The SMILES string of the molecule is Cl.NCCC[C@H](N)c1cccc(Cl)c1O. The zero-order valence-electron chi connectivity index (χ0n) is 8.32. The van der Waals surface area contributed by atoms with Gasteiger partial charge in [-0.1, -0.05) is 23.7 Å². The Morgan fingerprint density at radius 3 is 2.67 bits per heavy atom. The molecule has 0 radical (unpaired) electrons. The summed E-state index contributed by atoms with van der Waals surface area (Å²) in [4.78, 5) is 0. The second kappa shape index (κ2) is 6.90. The molecule has 1 aromatic carbocycles. The molecule has 0 spiro atoms. The van der Waals surface area contributed by atoms with Gasteiger partial charge in [-0.05, 0) is 25.5 Å². The molecule has 0 amide bonds. The maximum atomic E-state index is 9.62. The summed E-state index contributed by atoms with van der Waals surface area (Å²) in [7, 11) is 0. The molecule has 0 aliphatic heterocycles. The zero-order chi connectivity index (χ0) is 10.6. The van der Waals surface area contributed by atoms with Crippen molar-refractivity contribution in [3.05, 3.63) is 28.8 Å². The molecule has 0 aliphatic rings. The van der Waals surface area contributed by atoms with E-state index < -0.39 is 0 Å². The fourth-order valence-electron chi connectivity index (χ4n) is 1.32. The third-order valence-corrected chi connectivity index (χ3v) is 2.44. The van der Waals surface area contributed by atoms with Gasteiger partial charge >= 0.3 is 0 Å². The highest BCUT2D eigenvalue weighted by atomic mass is 35.5. The van der Waals surface area contributed by atoms with Crippen LogP contribution in [0, 0.1) is 0 Å². The minimum Gasteiger partial charge on any atom is -0.506 e. The van der Waals surface area contributed by atoms with E-state index in [1.807, 2.05) is 0 Å². The standard InChI is InChI=1S/C10H15ClN2O.ClH/c11-8-4-1-3-7(10(8)14)9(13)5-2-6-12;/h1,3-4,9,14H,2,5-6,12-13H2;1H/t9-;/m0./s1. The van der Waals surface area contributed by atoms with Gasteiger partial charge in [0.1, 0.15) is 5.75 Å². The van der Waals surface area contributed by atoms with E-state index in [1.54, 1.807) is 18.2 Å². The third-order valence-electron chi connectivity index (χ3n) is 2.14. The van der Waals surface area contributed by atoms with E-state index >= 15 is 0 Å². The smallest absolute Gasteiger partial charge is 0.138 e. The lowest BCUT2D eigenvalue weighted by molar-refractivity contribution is 0.457. The predicted octanol–water partition coefficient (Wildman–Crippen LogP) is 2.21. The molecule has 0 bridgehead atoms. The summed E-state index contributed by atoms with van der Waals surface area (Å²) in [5.74, 6) is 0.0821. The molecular formula is C10H16Cl2N2O. The number of aromatic hydroxyl groups is 1. The van der Waals surface area contributed by atoms with Crippen molar-refractivity contribution in [1.82, 2.24) is 0 Å². The van der Waals surface area contributed by atoms with Crippen molar-refractivity contribution < 1.29 is 5.11 Å². The molecule has 0 unspecified atom stereocenters. The van der Waals surface area contributed by atoms with Crippen LogP contribution < -0.4 is 11.5 Å². The lowest BCUT2D eigenvalue weighted by Gasteiger charge is -2.13. The number of benzene rings is 1. The van der Waals surface area contributed by atoms with E-state index in [0.717, 1.165) is 12.8 Å². The van der Waals surface area contributed by atoms with Crippen molar-refractivity contribution >= 4 is 24.0 Å². The Bertz CT molecular complexity index is 307. The van der Waals surface area contributed by atoms with Gasteiger partial charge in [0.15, 0.2) is 0 Å². The molecule has 1 aromatic rings. The van der Waals surface area contributed by atoms with Gasteiger partial charge in [-0.3, -0.25) is 0 Å². The van der Waals surface area contributed by atoms with Gasteiger partial charge in [0, 0.05) is 11.6 Å². The Kier molecular flexibility index (Phi) is 6.68. The highest BCUT2D eigenvalue weighted by Crippen LogP contribution is 2.31. The van der Waals surface area contributed by atoms with Crippen molar-refractivity contribution in [3.63, 3.8) is 0 Å². The summed E-state index contributed by atoms with van der Waals surface area (Å²) in [6, 6.07) is 5.00. The molecule has 3 nitrogen and oxygen atoms in total. The number of nitrogens with two attached hydrogens (primary N) is 2. The molecule has 1 atom stereocenters. The molecule has 0 aromatic heterocycles. The number of hydrogen-bond acceptors (Lipinski definition) is 3. The molecule has 0 saturated heterocycles.